The van der Waals surface area contributed by atoms with Gasteiger partial charge in [-0.3, -0.25) is 0 Å². The predicted octanol–water partition coefficient (Wildman–Crippen LogP) is 2.51. The monoisotopic (exact) mass is 346 g/mol. The van der Waals surface area contributed by atoms with E-state index in [1.54, 1.807) is 23.5 Å². The van der Waals surface area contributed by atoms with E-state index >= 15 is 0 Å². The summed E-state index contributed by atoms with van der Waals surface area (Å²) in [6.07, 6.45) is 0. The standard InChI is InChI=1S/C18H22N2O3S/c1-15-6-8-18(9-7-15)24(21,22)20-12-10-19(11-13-20)16-4-3-5-17(14-16)23-2/h3-9,14H,10-13H2,1-2H3. The van der Waals surface area contributed by atoms with Gasteiger partial charge in [0.1, 0.15) is 5.75 Å². The molecule has 6 heteroatoms. The summed E-state index contributed by atoms with van der Waals surface area (Å²) in [5.41, 5.74) is 2.11. The van der Waals surface area contributed by atoms with Crippen LogP contribution >= 0.6 is 0 Å². The molecule has 2 aromatic rings. The molecule has 1 saturated heterocycles. The number of benzene rings is 2. The second kappa shape index (κ2) is 6.83. The van der Waals surface area contributed by atoms with E-state index in [1.807, 2.05) is 43.3 Å². The average molecular weight is 346 g/mol. The van der Waals surface area contributed by atoms with Gasteiger partial charge in [-0.15, -0.1) is 0 Å². The third-order valence-corrected chi connectivity index (χ3v) is 6.23. The maximum absolute atomic E-state index is 12.7. The van der Waals surface area contributed by atoms with Crippen LogP contribution in [0.2, 0.25) is 0 Å². The number of aryl methyl sites for hydroxylation is 1. The van der Waals surface area contributed by atoms with Gasteiger partial charge in [-0.25, -0.2) is 8.42 Å². The van der Waals surface area contributed by atoms with Gasteiger partial charge < -0.3 is 9.64 Å². The Morgan fingerprint density at radius 3 is 2.25 bits per heavy atom. The summed E-state index contributed by atoms with van der Waals surface area (Å²) in [7, 11) is -1.77. The van der Waals surface area contributed by atoms with Gasteiger partial charge in [-0.05, 0) is 31.2 Å². The van der Waals surface area contributed by atoms with E-state index in [2.05, 4.69) is 4.90 Å². The molecule has 0 atom stereocenters. The van der Waals surface area contributed by atoms with Crippen LogP contribution in [-0.2, 0) is 10.0 Å². The number of anilines is 1. The molecular weight excluding hydrogens is 324 g/mol. The first kappa shape index (κ1) is 16.8. The highest BCUT2D eigenvalue weighted by molar-refractivity contribution is 7.89. The molecule has 0 aromatic heterocycles. The zero-order valence-electron chi connectivity index (χ0n) is 14.0. The van der Waals surface area contributed by atoms with Gasteiger partial charge >= 0.3 is 0 Å². The summed E-state index contributed by atoms with van der Waals surface area (Å²) < 4.78 is 32.3. The second-order valence-electron chi connectivity index (χ2n) is 5.91. The van der Waals surface area contributed by atoms with Gasteiger partial charge in [0.15, 0.2) is 0 Å². The molecule has 0 radical (unpaired) electrons. The van der Waals surface area contributed by atoms with Crippen molar-refractivity contribution in [2.45, 2.75) is 11.8 Å². The summed E-state index contributed by atoms with van der Waals surface area (Å²) in [6.45, 7) is 4.24. The summed E-state index contributed by atoms with van der Waals surface area (Å²) in [6, 6.07) is 14.9. The second-order valence-corrected chi connectivity index (χ2v) is 7.84. The summed E-state index contributed by atoms with van der Waals surface area (Å²) >= 11 is 0. The van der Waals surface area contributed by atoms with Crippen molar-refractivity contribution in [3.8, 4) is 5.75 Å². The fourth-order valence-corrected chi connectivity index (χ4v) is 4.28. The molecule has 1 fully saturated rings. The number of piperazine rings is 1. The number of rotatable bonds is 4. The number of hydrogen-bond donors (Lipinski definition) is 0. The Labute approximate surface area is 143 Å². The first-order valence-corrected chi connectivity index (χ1v) is 9.40. The highest BCUT2D eigenvalue weighted by Gasteiger charge is 2.28. The molecule has 1 heterocycles. The highest BCUT2D eigenvalue weighted by Crippen LogP contribution is 2.24. The maximum atomic E-state index is 12.7. The number of hydrogen-bond acceptors (Lipinski definition) is 4. The first-order valence-electron chi connectivity index (χ1n) is 7.96. The van der Waals surface area contributed by atoms with Crippen LogP contribution in [0.5, 0.6) is 5.75 Å². The Morgan fingerprint density at radius 1 is 0.958 bits per heavy atom. The number of nitrogens with zero attached hydrogens (tertiary/aromatic N) is 2. The first-order chi connectivity index (χ1) is 11.5. The minimum atomic E-state index is -3.42. The van der Waals surface area contributed by atoms with Gasteiger partial charge in [0.05, 0.1) is 12.0 Å². The van der Waals surface area contributed by atoms with E-state index in [1.165, 1.54) is 0 Å². The van der Waals surface area contributed by atoms with E-state index in [0.717, 1.165) is 17.0 Å². The van der Waals surface area contributed by atoms with Gasteiger partial charge in [0, 0.05) is 37.9 Å². The van der Waals surface area contributed by atoms with Crippen molar-refractivity contribution in [2.75, 3.05) is 38.2 Å². The van der Waals surface area contributed by atoms with Gasteiger partial charge in [0.25, 0.3) is 0 Å². The minimum absolute atomic E-state index is 0.364. The van der Waals surface area contributed by atoms with E-state index in [-0.39, 0.29) is 0 Å². The lowest BCUT2D eigenvalue weighted by atomic mass is 10.2. The smallest absolute Gasteiger partial charge is 0.243 e. The van der Waals surface area contributed by atoms with Crippen molar-refractivity contribution < 1.29 is 13.2 Å². The SMILES string of the molecule is COc1cccc(N2CCN(S(=O)(=O)c3ccc(C)cc3)CC2)c1. The fourth-order valence-electron chi connectivity index (χ4n) is 2.85. The lowest BCUT2D eigenvalue weighted by Crippen LogP contribution is -2.48. The lowest BCUT2D eigenvalue weighted by molar-refractivity contribution is 0.384. The molecule has 3 rings (SSSR count). The number of methoxy groups -OCH3 is 1. The number of sulfonamides is 1. The molecule has 1 aliphatic heterocycles. The minimum Gasteiger partial charge on any atom is -0.497 e. The van der Waals surface area contributed by atoms with Crippen molar-refractivity contribution >= 4 is 15.7 Å². The molecule has 2 aromatic carbocycles. The zero-order chi connectivity index (χ0) is 17.2. The summed E-state index contributed by atoms with van der Waals surface area (Å²) in [5.74, 6) is 0.808. The van der Waals surface area contributed by atoms with Gasteiger partial charge in [0.2, 0.25) is 10.0 Å². The Kier molecular flexibility index (Phi) is 4.78. The Hall–Kier alpha value is -2.05. The van der Waals surface area contributed by atoms with Gasteiger partial charge in [-0.2, -0.15) is 4.31 Å². The average Bonchev–Trinajstić information content (AvgIpc) is 2.62. The molecule has 0 saturated carbocycles. The van der Waals surface area contributed by atoms with Crippen LogP contribution in [0.25, 0.3) is 0 Å². The molecule has 0 spiro atoms. The van der Waals surface area contributed by atoms with E-state index < -0.39 is 10.0 Å². The molecule has 128 valence electrons. The van der Waals surface area contributed by atoms with Crippen LogP contribution < -0.4 is 9.64 Å². The molecule has 5 nitrogen and oxygen atoms in total. The third-order valence-electron chi connectivity index (χ3n) is 4.32. The van der Waals surface area contributed by atoms with Crippen LogP contribution in [0.3, 0.4) is 0 Å². The zero-order valence-corrected chi connectivity index (χ0v) is 14.8. The van der Waals surface area contributed by atoms with Crippen molar-refractivity contribution in [3.05, 3.63) is 54.1 Å². The van der Waals surface area contributed by atoms with E-state index in [0.29, 0.717) is 31.1 Å². The van der Waals surface area contributed by atoms with Crippen molar-refractivity contribution in [1.82, 2.24) is 4.31 Å². The fraction of sp³-hybridized carbons (Fsp3) is 0.333. The topological polar surface area (TPSA) is 49.9 Å². The summed E-state index contributed by atoms with van der Waals surface area (Å²) in [4.78, 5) is 2.55. The van der Waals surface area contributed by atoms with Crippen molar-refractivity contribution in [3.63, 3.8) is 0 Å². The van der Waals surface area contributed by atoms with Crippen LogP contribution in [0.1, 0.15) is 5.56 Å². The molecule has 0 N–H and O–H groups in total. The molecule has 24 heavy (non-hydrogen) atoms. The van der Waals surface area contributed by atoms with Crippen LogP contribution in [0.4, 0.5) is 5.69 Å². The quantitative estimate of drug-likeness (QED) is 0.854. The highest BCUT2D eigenvalue weighted by atomic mass is 32.2. The molecule has 1 aliphatic rings. The molecule has 0 unspecified atom stereocenters. The molecule has 0 bridgehead atoms. The van der Waals surface area contributed by atoms with Crippen LogP contribution in [-0.4, -0.2) is 46.0 Å². The Bertz CT molecular complexity index is 795. The van der Waals surface area contributed by atoms with Crippen LogP contribution in [0.15, 0.2) is 53.4 Å². The Balaban J connectivity index is 1.71. The maximum Gasteiger partial charge on any atom is 0.243 e. The third kappa shape index (κ3) is 3.39. The Morgan fingerprint density at radius 2 is 1.62 bits per heavy atom. The van der Waals surface area contributed by atoms with E-state index in [9.17, 15) is 8.42 Å². The summed E-state index contributed by atoms with van der Waals surface area (Å²) in [5, 5.41) is 0. The van der Waals surface area contributed by atoms with Gasteiger partial charge in [-0.1, -0.05) is 23.8 Å². The molecule has 0 aliphatic carbocycles. The number of ether oxygens (including phenoxy) is 1. The molecule has 0 amide bonds. The van der Waals surface area contributed by atoms with Crippen molar-refractivity contribution in [1.29, 1.82) is 0 Å². The molecular formula is C18H22N2O3S. The van der Waals surface area contributed by atoms with Crippen molar-refractivity contribution in [2.24, 2.45) is 0 Å². The largest absolute Gasteiger partial charge is 0.497 e. The van der Waals surface area contributed by atoms with E-state index in [4.69, 9.17) is 4.74 Å². The lowest BCUT2D eigenvalue weighted by Gasteiger charge is -2.35. The normalized spacial score (nSPS) is 16.2. The predicted molar refractivity (Wildman–Crippen MR) is 95.1 cm³/mol. The van der Waals surface area contributed by atoms with Crippen LogP contribution in [0, 0.1) is 6.92 Å².